The Morgan fingerprint density at radius 3 is 3.00 bits per heavy atom. The van der Waals surface area contributed by atoms with Crippen LogP contribution in [0.15, 0.2) is 0 Å². The van der Waals surface area contributed by atoms with Crippen LogP contribution in [0.5, 0.6) is 0 Å². The molecule has 1 aliphatic rings. The number of hydrogen-bond donors (Lipinski definition) is 2. The molecule has 1 heterocycles. The van der Waals surface area contributed by atoms with E-state index in [2.05, 4.69) is 5.32 Å². The Bertz CT molecular complexity index is 184. The molecule has 0 aliphatic carbocycles. The number of primary amides is 1. The second kappa shape index (κ2) is 3.41. The number of rotatable bonds is 2. The quantitative estimate of drug-likeness (QED) is 0.597. The van der Waals surface area contributed by atoms with Crippen molar-refractivity contribution in [2.75, 3.05) is 13.2 Å². The standard InChI is InChI=1S/C8H16N2O2/c1-6-8(2,5-7(9)11)12-4-3-10-6/h6,10H,3-5H2,1-2H3,(H2,9,11). The third-order valence-electron chi connectivity index (χ3n) is 2.43. The zero-order chi connectivity index (χ0) is 9.19. The predicted octanol–water partition coefficient (Wildman–Crippen LogP) is -0.371. The van der Waals surface area contributed by atoms with Crippen molar-refractivity contribution in [3.63, 3.8) is 0 Å². The van der Waals surface area contributed by atoms with Gasteiger partial charge < -0.3 is 15.8 Å². The lowest BCUT2D eigenvalue weighted by molar-refractivity contribution is -0.131. The largest absolute Gasteiger partial charge is 0.372 e. The van der Waals surface area contributed by atoms with Crippen LogP contribution in [0.4, 0.5) is 0 Å². The molecule has 1 aliphatic heterocycles. The fourth-order valence-electron chi connectivity index (χ4n) is 1.45. The molecule has 0 aromatic carbocycles. The lowest BCUT2D eigenvalue weighted by Gasteiger charge is -2.39. The molecule has 0 saturated carbocycles. The smallest absolute Gasteiger partial charge is 0.220 e. The van der Waals surface area contributed by atoms with Gasteiger partial charge in [0.1, 0.15) is 0 Å². The summed E-state index contributed by atoms with van der Waals surface area (Å²) in [5.74, 6) is -0.312. The summed E-state index contributed by atoms with van der Waals surface area (Å²) >= 11 is 0. The summed E-state index contributed by atoms with van der Waals surface area (Å²) in [4.78, 5) is 10.7. The SMILES string of the molecule is CC1NCCOC1(C)CC(N)=O. The first-order valence-corrected chi connectivity index (χ1v) is 4.20. The third kappa shape index (κ3) is 1.95. The number of nitrogens with two attached hydrogens (primary N) is 1. The first-order valence-electron chi connectivity index (χ1n) is 4.20. The summed E-state index contributed by atoms with van der Waals surface area (Å²) in [5, 5.41) is 3.25. The molecule has 12 heavy (non-hydrogen) atoms. The minimum atomic E-state index is -0.427. The number of morpholine rings is 1. The number of carbonyl (C=O) groups excluding carboxylic acids is 1. The minimum Gasteiger partial charge on any atom is -0.372 e. The van der Waals surface area contributed by atoms with Gasteiger partial charge in [-0.1, -0.05) is 0 Å². The van der Waals surface area contributed by atoms with Crippen LogP contribution in [-0.2, 0) is 9.53 Å². The van der Waals surface area contributed by atoms with Crippen molar-refractivity contribution in [1.82, 2.24) is 5.32 Å². The lowest BCUT2D eigenvalue weighted by Crippen LogP contribution is -2.56. The van der Waals surface area contributed by atoms with Crippen molar-refractivity contribution in [3.8, 4) is 0 Å². The van der Waals surface area contributed by atoms with Crippen LogP contribution in [0, 0.1) is 0 Å². The van der Waals surface area contributed by atoms with Crippen molar-refractivity contribution >= 4 is 5.91 Å². The van der Waals surface area contributed by atoms with Crippen molar-refractivity contribution < 1.29 is 9.53 Å². The van der Waals surface area contributed by atoms with E-state index in [1.165, 1.54) is 0 Å². The maximum absolute atomic E-state index is 10.7. The minimum absolute atomic E-state index is 0.179. The summed E-state index contributed by atoms with van der Waals surface area (Å²) in [7, 11) is 0. The molecule has 2 atom stereocenters. The lowest BCUT2D eigenvalue weighted by atomic mass is 9.92. The maximum atomic E-state index is 10.7. The van der Waals surface area contributed by atoms with Crippen LogP contribution in [0.1, 0.15) is 20.3 Å². The first kappa shape index (κ1) is 9.48. The van der Waals surface area contributed by atoms with Crippen LogP contribution >= 0.6 is 0 Å². The Morgan fingerprint density at radius 2 is 2.50 bits per heavy atom. The zero-order valence-corrected chi connectivity index (χ0v) is 7.59. The molecule has 1 saturated heterocycles. The van der Waals surface area contributed by atoms with Gasteiger partial charge in [0.05, 0.1) is 18.6 Å². The molecule has 3 N–H and O–H groups in total. The molecule has 0 spiro atoms. The molecule has 1 amide bonds. The van der Waals surface area contributed by atoms with Gasteiger partial charge >= 0.3 is 0 Å². The molecule has 2 unspecified atom stereocenters. The number of nitrogens with one attached hydrogen (secondary N) is 1. The van der Waals surface area contributed by atoms with E-state index >= 15 is 0 Å². The molecule has 0 aromatic rings. The van der Waals surface area contributed by atoms with Crippen molar-refractivity contribution in [2.45, 2.75) is 31.9 Å². The van der Waals surface area contributed by atoms with E-state index < -0.39 is 5.60 Å². The van der Waals surface area contributed by atoms with Gasteiger partial charge in [0.2, 0.25) is 5.91 Å². The van der Waals surface area contributed by atoms with Gasteiger partial charge in [-0.25, -0.2) is 0 Å². The van der Waals surface area contributed by atoms with Crippen molar-refractivity contribution in [1.29, 1.82) is 0 Å². The van der Waals surface area contributed by atoms with Gasteiger partial charge in [0, 0.05) is 12.6 Å². The molecular formula is C8H16N2O2. The molecule has 0 bridgehead atoms. The van der Waals surface area contributed by atoms with E-state index in [-0.39, 0.29) is 18.4 Å². The molecular weight excluding hydrogens is 156 g/mol. The molecule has 70 valence electrons. The number of amides is 1. The highest BCUT2D eigenvalue weighted by molar-refractivity contribution is 5.75. The van der Waals surface area contributed by atoms with Gasteiger partial charge in [0.25, 0.3) is 0 Å². The third-order valence-corrected chi connectivity index (χ3v) is 2.43. The average molecular weight is 172 g/mol. The van der Waals surface area contributed by atoms with E-state index in [1.54, 1.807) is 0 Å². The van der Waals surface area contributed by atoms with Gasteiger partial charge in [-0.05, 0) is 13.8 Å². The maximum Gasteiger partial charge on any atom is 0.220 e. The molecule has 4 heteroatoms. The zero-order valence-electron chi connectivity index (χ0n) is 7.59. The molecule has 1 fully saturated rings. The Kier molecular flexibility index (Phi) is 2.69. The second-order valence-corrected chi connectivity index (χ2v) is 3.48. The van der Waals surface area contributed by atoms with E-state index in [0.29, 0.717) is 6.61 Å². The average Bonchev–Trinajstić information content (AvgIpc) is 1.94. The monoisotopic (exact) mass is 172 g/mol. The molecule has 0 aromatic heterocycles. The van der Waals surface area contributed by atoms with Crippen molar-refractivity contribution in [2.24, 2.45) is 5.73 Å². The normalized spacial score (nSPS) is 36.3. The van der Waals surface area contributed by atoms with E-state index in [0.717, 1.165) is 6.54 Å². The molecule has 4 nitrogen and oxygen atoms in total. The van der Waals surface area contributed by atoms with E-state index in [1.807, 2.05) is 13.8 Å². The summed E-state index contributed by atoms with van der Waals surface area (Å²) in [6.45, 7) is 5.40. The fraction of sp³-hybridized carbons (Fsp3) is 0.875. The van der Waals surface area contributed by atoms with Crippen LogP contribution in [-0.4, -0.2) is 30.7 Å². The van der Waals surface area contributed by atoms with Gasteiger partial charge in [-0.15, -0.1) is 0 Å². The predicted molar refractivity (Wildman–Crippen MR) is 45.6 cm³/mol. The Balaban J connectivity index is 2.59. The summed E-state index contributed by atoms with van der Waals surface area (Å²) < 4.78 is 5.53. The van der Waals surface area contributed by atoms with Crippen LogP contribution in [0.2, 0.25) is 0 Å². The van der Waals surface area contributed by atoms with Crippen LogP contribution < -0.4 is 11.1 Å². The first-order chi connectivity index (χ1) is 5.54. The number of ether oxygens (including phenoxy) is 1. The Hall–Kier alpha value is -0.610. The van der Waals surface area contributed by atoms with E-state index in [4.69, 9.17) is 10.5 Å². The highest BCUT2D eigenvalue weighted by atomic mass is 16.5. The number of carbonyl (C=O) groups is 1. The van der Waals surface area contributed by atoms with Crippen molar-refractivity contribution in [3.05, 3.63) is 0 Å². The van der Waals surface area contributed by atoms with Gasteiger partial charge in [-0.3, -0.25) is 4.79 Å². The van der Waals surface area contributed by atoms with Crippen LogP contribution in [0.25, 0.3) is 0 Å². The summed E-state index contributed by atoms with van der Waals surface area (Å²) in [6.07, 6.45) is 0.279. The molecule has 1 rings (SSSR count). The molecule has 0 radical (unpaired) electrons. The summed E-state index contributed by atoms with van der Waals surface area (Å²) in [6, 6.07) is 0.179. The highest BCUT2D eigenvalue weighted by Gasteiger charge is 2.36. The highest BCUT2D eigenvalue weighted by Crippen LogP contribution is 2.22. The topological polar surface area (TPSA) is 64.3 Å². The second-order valence-electron chi connectivity index (χ2n) is 3.48. The number of hydrogen-bond acceptors (Lipinski definition) is 3. The summed E-state index contributed by atoms with van der Waals surface area (Å²) in [5.41, 5.74) is 4.70. The van der Waals surface area contributed by atoms with Gasteiger partial charge in [-0.2, -0.15) is 0 Å². The van der Waals surface area contributed by atoms with Gasteiger partial charge in [0.15, 0.2) is 0 Å². The van der Waals surface area contributed by atoms with Crippen LogP contribution in [0.3, 0.4) is 0 Å². The van der Waals surface area contributed by atoms with E-state index in [9.17, 15) is 4.79 Å². The Morgan fingerprint density at radius 1 is 1.83 bits per heavy atom. The fourth-order valence-corrected chi connectivity index (χ4v) is 1.45. The Labute approximate surface area is 72.5 Å².